The quantitative estimate of drug-likeness (QED) is 0.643. The van der Waals surface area contributed by atoms with Crippen molar-refractivity contribution >= 4 is 21.9 Å². The maximum absolute atomic E-state index is 11.5. The molecule has 1 rings (SSSR count). The molecule has 0 aliphatic heterocycles. The molecule has 1 aromatic rings. The highest BCUT2D eigenvalue weighted by molar-refractivity contribution is 9.10. The van der Waals surface area contributed by atoms with Gasteiger partial charge in [-0.25, -0.2) is 4.79 Å². The van der Waals surface area contributed by atoms with Crippen LogP contribution < -0.4 is 0 Å². The summed E-state index contributed by atoms with van der Waals surface area (Å²) in [5, 5.41) is 0. The van der Waals surface area contributed by atoms with Gasteiger partial charge in [0, 0.05) is 17.6 Å². The van der Waals surface area contributed by atoms with Gasteiger partial charge in [-0.1, -0.05) is 55.6 Å². The van der Waals surface area contributed by atoms with Crippen LogP contribution in [0.3, 0.4) is 0 Å². The van der Waals surface area contributed by atoms with Gasteiger partial charge >= 0.3 is 5.97 Å². The highest BCUT2D eigenvalue weighted by atomic mass is 79.9. The number of benzene rings is 1. The number of hydrogen-bond donors (Lipinski definition) is 0. The van der Waals surface area contributed by atoms with Gasteiger partial charge < -0.3 is 4.74 Å². The second-order valence-corrected chi connectivity index (χ2v) is 6.16. The van der Waals surface area contributed by atoms with Gasteiger partial charge in [0.05, 0.1) is 12.7 Å². The van der Waals surface area contributed by atoms with E-state index >= 15 is 0 Å². The fourth-order valence-electron chi connectivity index (χ4n) is 2.38. The molecular formula is C17H26BrNO2. The molecule has 0 saturated heterocycles. The lowest BCUT2D eigenvalue weighted by Crippen LogP contribution is -2.28. The molecule has 0 spiro atoms. The lowest BCUT2D eigenvalue weighted by Gasteiger charge is -2.25. The number of methoxy groups -OCH3 is 1. The number of nitrogens with zero attached hydrogens (tertiary/aromatic N) is 1. The number of carbonyl (C=O) groups excluding carboxylic acids is 1. The molecule has 0 bridgehead atoms. The van der Waals surface area contributed by atoms with Gasteiger partial charge in [0.1, 0.15) is 0 Å². The predicted molar refractivity (Wildman–Crippen MR) is 90.5 cm³/mol. The van der Waals surface area contributed by atoms with E-state index in [1.165, 1.54) is 25.5 Å². The second-order valence-electron chi connectivity index (χ2n) is 5.31. The molecule has 0 aliphatic carbocycles. The largest absolute Gasteiger partial charge is 0.465 e. The minimum absolute atomic E-state index is 0.299. The molecule has 0 radical (unpaired) electrons. The fraction of sp³-hybridized carbons (Fsp3) is 0.588. The minimum Gasteiger partial charge on any atom is -0.465 e. The van der Waals surface area contributed by atoms with Gasteiger partial charge in [-0.3, -0.25) is 4.90 Å². The lowest BCUT2D eigenvalue weighted by atomic mass is 10.0. The van der Waals surface area contributed by atoms with Crippen LogP contribution in [0.1, 0.15) is 49.5 Å². The Bertz CT molecular complexity index is 458. The number of ether oxygens (including phenoxy) is 1. The number of hydrogen-bond acceptors (Lipinski definition) is 3. The van der Waals surface area contributed by atoms with Crippen LogP contribution in [0.2, 0.25) is 0 Å². The molecule has 0 amide bonds. The van der Waals surface area contributed by atoms with Gasteiger partial charge in [-0.2, -0.15) is 0 Å². The lowest BCUT2D eigenvalue weighted by molar-refractivity contribution is 0.0600. The first-order chi connectivity index (χ1) is 10.0. The van der Waals surface area contributed by atoms with E-state index in [2.05, 4.69) is 41.6 Å². The Morgan fingerprint density at radius 3 is 2.43 bits per heavy atom. The van der Waals surface area contributed by atoms with Crippen molar-refractivity contribution in [2.75, 3.05) is 20.2 Å². The Labute approximate surface area is 136 Å². The second kappa shape index (κ2) is 9.21. The van der Waals surface area contributed by atoms with Crippen molar-refractivity contribution in [2.24, 2.45) is 5.92 Å². The van der Waals surface area contributed by atoms with E-state index in [0.717, 1.165) is 30.0 Å². The van der Waals surface area contributed by atoms with Gasteiger partial charge in [-0.05, 0) is 30.2 Å². The number of halogens is 1. The topological polar surface area (TPSA) is 29.5 Å². The Morgan fingerprint density at radius 2 is 1.95 bits per heavy atom. The zero-order chi connectivity index (χ0) is 15.8. The van der Waals surface area contributed by atoms with E-state index in [0.29, 0.717) is 5.56 Å². The summed E-state index contributed by atoms with van der Waals surface area (Å²) < 4.78 is 5.71. The van der Waals surface area contributed by atoms with Crippen LogP contribution in [-0.2, 0) is 11.3 Å². The summed E-state index contributed by atoms with van der Waals surface area (Å²) in [6.45, 7) is 9.75. The molecule has 0 N–H and O–H groups in total. The Hall–Kier alpha value is -0.870. The predicted octanol–water partition coefficient (Wildman–Crippen LogP) is 4.49. The fourth-order valence-corrected chi connectivity index (χ4v) is 2.88. The third kappa shape index (κ3) is 5.44. The van der Waals surface area contributed by atoms with Crippen LogP contribution >= 0.6 is 15.9 Å². The highest BCUT2D eigenvalue weighted by Gasteiger charge is 2.13. The van der Waals surface area contributed by atoms with Gasteiger partial charge in [-0.15, -0.1) is 0 Å². The first-order valence-electron chi connectivity index (χ1n) is 7.64. The Balaban J connectivity index is 2.78. The Kier molecular flexibility index (Phi) is 7.97. The normalized spacial score (nSPS) is 11.2. The van der Waals surface area contributed by atoms with Crippen LogP contribution in [0.5, 0.6) is 0 Å². The van der Waals surface area contributed by atoms with Crippen molar-refractivity contribution in [1.29, 1.82) is 0 Å². The van der Waals surface area contributed by atoms with Crippen molar-refractivity contribution in [2.45, 2.75) is 40.2 Å². The standard InChI is InChI=1S/C17H26BrNO2/c1-5-13(6-2)11-19(7-3)12-15-9-8-14(10-16(15)18)17(20)21-4/h8-10,13H,5-7,11-12H2,1-4H3. The smallest absolute Gasteiger partial charge is 0.337 e. The van der Waals surface area contributed by atoms with Crippen LogP contribution in [-0.4, -0.2) is 31.1 Å². The molecule has 0 saturated carbocycles. The zero-order valence-corrected chi connectivity index (χ0v) is 15.1. The van der Waals surface area contributed by atoms with Crippen LogP contribution in [0, 0.1) is 5.92 Å². The van der Waals surface area contributed by atoms with Crippen LogP contribution in [0.4, 0.5) is 0 Å². The third-order valence-corrected chi connectivity index (χ3v) is 4.72. The molecule has 0 fully saturated rings. The van der Waals surface area contributed by atoms with Crippen molar-refractivity contribution < 1.29 is 9.53 Å². The highest BCUT2D eigenvalue weighted by Crippen LogP contribution is 2.22. The summed E-state index contributed by atoms with van der Waals surface area (Å²) in [5.74, 6) is 0.449. The number of esters is 1. The van der Waals surface area contributed by atoms with Crippen molar-refractivity contribution in [1.82, 2.24) is 4.90 Å². The van der Waals surface area contributed by atoms with E-state index in [1.54, 1.807) is 0 Å². The molecule has 21 heavy (non-hydrogen) atoms. The maximum atomic E-state index is 11.5. The summed E-state index contributed by atoms with van der Waals surface area (Å²) in [7, 11) is 1.40. The SMILES string of the molecule is CCC(CC)CN(CC)Cc1ccc(C(=O)OC)cc1Br. The first kappa shape index (κ1) is 18.2. The molecular weight excluding hydrogens is 330 g/mol. The molecule has 4 heteroatoms. The molecule has 0 unspecified atom stereocenters. The summed E-state index contributed by atoms with van der Waals surface area (Å²) in [5.41, 5.74) is 1.78. The summed E-state index contributed by atoms with van der Waals surface area (Å²) in [6, 6.07) is 5.68. The van der Waals surface area contributed by atoms with E-state index in [4.69, 9.17) is 4.74 Å². The monoisotopic (exact) mass is 355 g/mol. The van der Waals surface area contributed by atoms with Gasteiger partial charge in [0.2, 0.25) is 0 Å². The summed E-state index contributed by atoms with van der Waals surface area (Å²) in [6.07, 6.45) is 2.44. The maximum Gasteiger partial charge on any atom is 0.337 e. The molecule has 1 aromatic carbocycles. The van der Waals surface area contributed by atoms with Gasteiger partial charge in [0.25, 0.3) is 0 Å². The molecule has 118 valence electrons. The number of rotatable bonds is 8. The van der Waals surface area contributed by atoms with Crippen molar-refractivity contribution in [3.8, 4) is 0 Å². The minimum atomic E-state index is -0.299. The molecule has 0 heterocycles. The van der Waals surface area contributed by atoms with Crippen molar-refractivity contribution in [3.63, 3.8) is 0 Å². The summed E-state index contributed by atoms with van der Waals surface area (Å²) >= 11 is 3.57. The summed E-state index contributed by atoms with van der Waals surface area (Å²) in [4.78, 5) is 14.0. The van der Waals surface area contributed by atoms with E-state index in [-0.39, 0.29) is 5.97 Å². The van der Waals surface area contributed by atoms with E-state index in [1.807, 2.05) is 18.2 Å². The van der Waals surface area contributed by atoms with Crippen LogP contribution in [0.25, 0.3) is 0 Å². The third-order valence-electron chi connectivity index (χ3n) is 3.99. The molecule has 0 aromatic heterocycles. The van der Waals surface area contributed by atoms with E-state index in [9.17, 15) is 4.79 Å². The zero-order valence-electron chi connectivity index (χ0n) is 13.5. The van der Waals surface area contributed by atoms with Gasteiger partial charge in [0.15, 0.2) is 0 Å². The van der Waals surface area contributed by atoms with E-state index < -0.39 is 0 Å². The average Bonchev–Trinajstić information content (AvgIpc) is 2.51. The average molecular weight is 356 g/mol. The molecule has 3 nitrogen and oxygen atoms in total. The molecule has 0 aliphatic rings. The molecule has 0 atom stereocenters. The van der Waals surface area contributed by atoms with Crippen LogP contribution in [0.15, 0.2) is 22.7 Å². The first-order valence-corrected chi connectivity index (χ1v) is 8.43. The Morgan fingerprint density at radius 1 is 1.29 bits per heavy atom. The number of carbonyl (C=O) groups is 1. The van der Waals surface area contributed by atoms with Crippen molar-refractivity contribution in [3.05, 3.63) is 33.8 Å².